The molecule has 0 unspecified atom stereocenters. The number of nitriles is 1. The molecule has 0 fully saturated rings. The molecular formula is C4HF6NO. The van der Waals surface area contributed by atoms with Gasteiger partial charge in [-0.05, 0) is 0 Å². The van der Waals surface area contributed by atoms with E-state index in [1.54, 1.807) is 0 Å². The summed E-state index contributed by atoms with van der Waals surface area (Å²) in [4.78, 5) is 0. The smallest absolute Gasteiger partial charge is 0.331 e. The summed E-state index contributed by atoms with van der Waals surface area (Å²) in [5, 5.41) is 14.7. The van der Waals surface area contributed by atoms with Crippen LogP contribution in [0.4, 0.5) is 26.3 Å². The first kappa shape index (κ1) is 11.0. The van der Waals surface area contributed by atoms with Crippen molar-refractivity contribution in [3.8, 4) is 6.07 Å². The average Bonchev–Trinajstić information content (AvgIpc) is 1.85. The molecule has 0 aromatic heterocycles. The number of rotatable bonds is 2. The van der Waals surface area contributed by atoms with E-state index in [9.17, 15) is 26.3 Å². The second-order valence-corrected chi connectivity index (χ2v) is 1.80. The van der Waals surface area contributed by atoms with Gasteiger partial charge in [-0.15, -0.1) is 0 Å². The predicted molar refractivity (Wildman–Crippen MR) is 22.7 cm³/mol. The Balaban J connectivity index is 5.02. The summed E-state index contributed by atoms with van der Waals surface area (Å²) in [6.07, 6.45) is -5.92. The number of hydrogen-bond acceptors (Lipinski definition) is 2. The fourth-order valence-corrected chi connectivity index (χ4v) is 0.259. The van der Waals surface area contributed by atoms with E-state index in [4.69, 9.17) is 10.4 Å². The van der Waals surface area contributed by atoms with E-state index < -0.39 is 18.0 Å². The first-order valence-corrected chi connectivity index (χ1v) is 2.33. The van der Waals surface area contributed by atoms with Crippen LogP contribution in [0.15, 0.2) is 0 Å². The van der Waals surface area contributed by atoms with Crippen LogP contribution in [-0.4, -0.2) is 23.1 Å². The molecule has 12 heavy (non-hydrogen) atoms. The minimum atomic E-state index is -6.09. The monoisotopic (exact) mass is 193 g/mol. The third kappa shape index (κ3) is 1.45. The molecule has 0 aromatic rings. The maximum atomic E-state index is 11.7. The highest BCUT2D eigenvalue weighted by atomic mass is 19.3. The van der Waals surface area contributed by atoms with Gasteiger partial charge in [0.1, 0.15) is 6.07 Å². The van der Waals surface area contributed by atoms with Gasteiger partial charge in [0.2, 0.25) is 0 Å². The molecule has 0 aliphatic carbocycles. The minimum absolute atomic E-state index is 0.335. The highest BCUT2D eigenvalue weighted by molar-refractivity contribution is 5.05. The van der Waals surface area contributed by atoms with Gasteiger partial charge in [0.05, 0.1) is 0 Å². The highest BCUT2D eigenvalue weighted by Crippen LogP contribution is 2.43. The van der Waals surface area contributed by atoms with Gasteiger partial charge >= 0.3 is 18.0 Å². The van der Waals surface area contributed by atoms with Gasteiger partial charge < -0.3 is 5.11 Å². The van der Waals surface area contributed by atoms with Crippen LogP contribution in [-0.2, 0) is 0 Å². The Labute approximate surface area is 62.0 Å². The van der Waals surface area contributed by atoms with Crippen molar-refractivity contribution < 1.29 is 31.4 Å². The minimum Gasteiger partial charge on any atom is -0.331 e. The van der Waals surface area contributed by atoms with Crippen molar-refractivity contribution in [2.45, 2.75) is 18.0 Å². The van der Waals surface area contributed by atoms with Gasteiger partial charge in [-0.3, -0.25) is 0 Å². The molecule has 1 N–H and O–H groups in total. The highest BCUT2D eigenvalue weighted by Gasteiger charge is 2.72. The molecule has 2 nitrogen and oxygen atoms in total. The zero-order valence-electron chi connectivity index (χ0n) is 5.16. The van der Waals surface area contributed by atoms with Crippen LogP contribution < -0.4 is 0 Å². The van der Waals surface area contributed by atoms with Crippen LogP contribution >= 0.6 is 0 Å². The second-order valence-electron chi connectivity index (χ2n) is 1.80. The fourth-order valence-electron chi connectivity index (χ4n) is 0.259. The molecule has 0 aromatic carbocycles. The Hall–Kier alpha value is -0.970. The molecule has 0 spiro atoms. The Morgan fingerprint density at radius 3 is 1.42 bits per heavy atom. The molecule has 0 radical (unpaired) electrons. The first-order valence-electron chi connectivity index (χ1n) is 2.33. The molecule has 0 amide bonds. The standard InChI is InChI=1S/C4HF6NO/c5-2(6,1-11)3(7,8)4(9,10)12/h12H. The fraction of sp³-hybridized carbons (Fsp3) is 0.750. The Kier molecular flexibility index (Phi) is 2.31. The molecule has 0 aliphatic heterocycles. The normalized spacial score (nSPS) is 14.2. The van der Waals surface area contributed by atoms with E-state index in [1.165, 1.54) is 0 Å². The topological polar surface area (TPSA) is 44.0 Å². The Bertz CT molecular complexity index is 213. The van der Waals surface area contributed by atoms with Crippen molar-refractivity contribution in [3.63, 3.8) is 0 Å². The van der Waals surface area contributed by atoms with Gasteiger partial charge in [0.15, 0.2) is 0 Å². The third-order valence-electron chi connectivity index (χ3n) is 0.913. The number of halogens is 6. The van der Waals surface area contributed by atoms with Crippen LogP contribution in [0.1, 0.15) is 0 Å². The van der Waals surface area contributed by atoms with E-state index >= 15 is 0 Å². The molecule has 0 heterocycles. The first-order chi connectivity index (χ1) is 5.06. The summed E-state index contributed by atoms with van der Waals surface area (Å²) in [6.45, 7) is 0. The van der Waals surface area contributed by atoms with Crippen LogP contribution in [0.25, 0.3) is 0 Å². The van der Waals surface area contributed by atoms with Crippen LogP contribution in [0.3, 0.4) is 0 Å². The average molecular weight is 193 g/mol. The number of hydrogen-bond donors (Lipinski definition) is 1. The van der Waals surface area contributed by atoms with Crippen molar-refractivity contribution in [2.24, 2.45) is 0 Å². The lowest BCUT2D eigenvalue weighted by Crippen LogP contribution is -2.53. The number of nitrogens with zero attached hydrogens (tertiary/aromatic N) is 1. The summed E-state index contributed by atoms with van der Waals surface area (Å²) in [7, 11) is 0. The zero-order valence-corrected chi connectivity index (χ0v) is 5.16. The lowest BCUT2D eigenvalue weighted by Gasteiger charge is -2.24. The summed E-state index contributed by atoms with van der Waals surface area (Å²) < 4.78 is 69.5. The molecule has 0 aliphatic rings. The van der Waals surface area contributed by atoms with Crippen molar-refractivity contribution >= 4 is 0 Å². The summed E-state index contributed by atoms with van der Waals surface area (Å²) in [6, 6.07) is -0.335. The molecular weight excluding hydrogens is 192 g/mol. The SMILES string of the molecule is N#CC(F)(F)C(F)(F)C(O)(F)F. The molecule has 0 atom stereocenters. The molecule has 0 bridgehead atoms. The van der Waals surface area contributed by atoms with Crippen LogP contribution in [0.2, 0.25) is 0 Å². The lowest BCUT2D eigenvalue weighted by molar-refractivity contribution is -0.371. The molecule has 8 heteroatoms. The molecule has 0 rings (SSSR count). The second kappa shape index (κ2) is 2.52. The van der Waals surface area contributed by atoms with Gasteiger partial charge in [0.25, 0.3) is 0 Å². The van der Waals surface area contributed by atoms with Crippen molar-refractivity contribution in [1.29, 1.82) is 5.26 Å². The van der Waals surface area contributed by atoms with E-state index in [0.717, 1.165) is 0 Å². The van der Waals surface area contributed by atoms with Gasteiger partial charge in [-0.1, -0.05) is 0 Å². The summed E-state index contributed by atoms with van der Waals surface area (Å²) in [5.41, 5.74) is 0. The maximum Gasteiger partial charge on any atom is 0.424 e. The van der Waals surface area contributed by atoms with Crippen molar-refractivity contribution in [3.05, 3.63) is 0 Å². The Morgan fingerprint density at radius 2 is 1.33 bits per heavy atom. The van der Waals surface area contributed by atoms with Crippen molar-refractivity contribution in [1.82, 2.24) is 0 Å². The molecule has 70 valence electrons. The number of alkyl halides is 6. The van der Waals surface area contributed by atoms with E-state index in [1.807, 2.05) is 0 Å². The van der Waals surface area contributed by atoms with E-state index in [-0.39, 0.29) is 6.07 Å². The zero-order chi connectivity index (χ0) is 10.2. The predicted octanol–water partition coefficient (Wildman–Crippen LogP) is 1.37. The quantitative estimate of drug-likeness (QED) is 0.673. The number of aliphatic hydroxyl groups is 1. The summed E-state index contributed by atoms with van der Waals surface area (Å²) >= 11 is 0. The van der Waals surface area contributed by atoms with Gasteiger partial charge in [0, 0.05) is 0 Å². The molecule has 0 saturated heterocycles. The van der Waals surface area contributed by atoms with Gasteiger partial charge in [-0.2, -0.15) is 31.6 Å². The van der Waals surface area contributed by atoms with Crippen LogP contribution in [0.5, 0.6) is 0 Å². The van der Waals surface area contributed by atoms with Crippen molar-refractivity contribution in [2.75, 3.05) is 0 Å². The molecule has 0 saturated carbocycles. The Morgan fingerprint density at radius 1 is 1.00 bits per heavy atom. The van der Waals surface area contributed by atoms with Crippen LogP contribution in [0, 0.1) is 11.3 Å². The summed E-state index contributed by atoms with van der Waals surface area (Å²) in [5.74, 6) is -11.7. The lowest BCUT2D eigenvalue weighted by atomic mass is 10.2. The van der Waals surface area contributed by atoms with Gasteiger partial charge in [-0.25, -0.2) is 0 Å². The largest absolute Gasteiger partial charge is 0.424 e. The van der Waals surface area contributed by atoms with E-state index in [0.29, 0.717) is 0 Å². The maximum absolute atomic E-state index is 11.7. The third-order valence-corrected chi connectivity index (χ3v) is 0.913. The van der Waals surface area contributed by atoms with E-state index in [2.05, 4.69) is 0 Å².